The minimum Gasteiger partial charge on any atom is -0.395 e. The molecule has 1 atom stereocenters. The van der Waals surface area contributed by atoms with Crippen LogP contribution in [-0.2, 0) is 10.0 Å². The lowest BCUT2D eigenvalue weighted by Crippen LogP contribution is -2.35. The average molecular weight is 268 g/mol. The van der Waals surface area contributed by atoms with E-state index in [-0.39, 0.29) is 16.5 Å². The van der Waals surface area contributed by atoms with E-state index in [4.69, 9.17) is 16.7 Å². The Morgan fingerprint density at radius 2 is 2.19 bits per heavy atom. The lowest BCUT2D eigenvalue weighted by atomic mass is 10.3. The first-order valence-electron chi connectivity index (χ1n) is 4.45. The summed E-state index contributed by atoms with van der Waals surface area (Å²) in [4.78, 5) is -0.212. The van der Waals surface area contributed by atoms with Crippen molar-refractivity contribution < 1.29 is 17.9 Å². The number of aliphatic hydroxyl groups is 1. The molecule has 90 valence electrons. The summed E-state index contributed by atoms with van der Waals surface area (Å²) >= 11 is 5.62. The van der Waals surface area contributed by atoms with Gasteiger partial charge in [-0.3, -0.25) is 0 Å². The van der Waals surface area contributed by atoms with Crippen molar-refractivity contribution in [2.24, 2.45) is 0 Å². The number of nitrogens with one attached hydrogen (secondary N) is 1. The minimum absolute atomic E-state index is 0.197. The number of halogens is 2. The predicted octanol–water partition coefficient (Wildman–Crippen LogP) is 1.14. The number of aliphatic hydroxyl groups excluding tert-OH is 1. The Kier molecular flexibility index (Phi) is 4.26. The Bertz CT molecular complexity index is 478. The molecule has 0 heterocycles. The number of hydrogen-bond acceptors (Lipinski definition) is 3. The van der Waals surface area contributed by atoms with Gasteiger partial charge in [-0.15, -0.1) is 0 Å². The first-order valence-corrected chi connectivity index (χ1v) is 6.31. The van der Waals surface area contributed by atoms with Crippen molar-refractivity contribution in [3.05, 3.63) is 29.0 Å². The molecule has 1 aromatic rings. The molecule has 1 aromatic carbocycles. The summed E-state index contributed by atoms with van der Waals surface area (Å²) in [5.74, 6) is -0.612. The lowest BCUT2D eigenvalue weighted by molar-refractivity contribution is 0.265. The van der Waals surface area contributed by atoms with Crippen LogP contribution in [0.2, 0.25) is 5.02 Å². The van der Waals surface area contributed by atoms with E-state index >= 15 is 0 Å². The first kappa shape index (κ1) is 13.4. The zero-order valence-electron chi connectivity index (χ0n) is 8.44. The zero-order chi connectivity index (χ0) is 12.3. The summed E-state index contributed by atoms with van der Waals surface area (Å²) in [6.45, 7) is 1.16. The summed E-state index contributed by atoms with van der Waals surface area (Å²) in [5.41, 5.74) is 0. The van der Waals surface area contributed by atoms with Crippen LogP contribution in [0.1, 0.15) is 6.92 Å². The third-order valence-electron chi connectivity index (χ3n) is 1.81. The maximum Gasteiger partial charge on any atom is 0.242 e. The molecule has 0 amide bonds. The van der Waals surface area contributed by atoms with Crippen LogP contribution >= 0.6 is 11.6 Å². The molecule has 0 radical (unpaired) electrons. The number of sulfonamides is 1. The van der Waals surface area contributed by atoms with E-state index in [0.717, 1.165) is 18.2 Å². The molecular formula is C9H11ClFNO3S. The highest BCUT2D eigenvalue weighted by Crippen LogP contribution is 2.22. The highest BCUT2D eigenvalue weighted by molar-refractivity contribution is 7.89. The molecule has 0 aromatic heterocycles. The molecule has 7 heteroatoms. The zero-order valence-corrected chi connectivity index (χ0v) is 10.0. The van der Waals surface area contributed by atoms with Crippen LogP contribution in [0.25, 0.3) is 0 Å². The predicted molar refractivity (Wildman–Crippen MR) is 58.3 cm³/mol. The molecule has 1 rings (SSSR count). The van der Waals surface area contributed by atoms with Gasteiger partial charge >= 0.3 is 0 Å². The third-order valence-corrected chi connectivity index (χ3v) is 3.89. The van der Waals surface area contributed by atoms with Gasteiger partial charge < -0.3 is 5.11 Å². The Hall–Kier alpha value is -0.690. The fourth-order valence-electron chi connectivity index (χ4n) is 1.06. The van der Waals surface area contributed by atoms with Gasteiger partial charge in [-0.25, -0.2) is 17.5 Å². The molecule has 4 nitrogen and oxygen atoms in total. The molecule has 0 saturated carbocycles. The highest BCUT2D eigenvalue weighted by atomic mass is 35.5. The average Bonchev–Trinajstić information content (AvgIpc) is 2.16. The molecule has 0 fully saturated rings. The quantitative estimate of drug-likeness (QED) is 0.860. The Labute approximate surface area is 98.1 Å². The van der Waals surface area contributed by atoms with Gasteiger partial charge in [0.05, 0.1) is 11.6 Å². The van der Waals surface area contributed by atoms with Gasteiger partial charge in [0.1, 0.15) is 10.7 Å². The van der Waals surface area contributed by atoms with E-state index in [1.807, 2.05) is 0 Å². The molecule has 0 spiro atoms. The van der Waals surface area contributed by atoms with E-state index in [9.17, 15) is 12.8 Å². The largest absolute Gasteiger partial charge is 0.395 e. The summed E-state index contributed by atoms with van der Waals surface area (Å²) in [6.07, 6.45) is 0. The molecule has 0 aliphatic rings. The normalized spacial score (nSPS) is 13.8. The van der Waals surface area contributed by atoms with Crippen molar-refractivity contribution in [2.75, 3.05) is 6.61 Å². The van der Waals surface area contributed by atoms with Crippen molar-refractivity contribution in [3.63, 3.8) is 0 Å². The van der Waals surface area contributed by atoms with Crippen molar-refractivity contribution in [1.82, 2.24) is 4.72 Å². The fraction of sp³-hybridized carbons (Fsp3) is 0.333. The van der Waals surface area contributed by atoms with Crippen molar-refractivity contribution in [1.29, 1.82) is 0 Å². The maximum absolute atomic E-state index is 12.7. The van der Waals surface area contributed by atoms with Crippen molar-refractivity contribution in [2.45, 2.75) is 17.9 Å². The fourth-order valence-corrected chi connectivity index (χ4v) is 2.82. The van der Waals surface area contributed by atoms with E-state index in [2.05, 4.69) is 4.72 Å². The highest BCUT2D eigenvalue weighted by Gasteiger charge is 2.20. The Morgan fingerprint density at radius 3 is 2.69 bits per heavy atom. The van der Waals surface area contributed by atoms with Gasteiger partial charge in [0.15, 0.2) is 0 Å². The maximum atomic E-state index is 12.7. The second-order valence-electron chi connectivity index (χ2n) is 3.28. The Morgan fingerprint density at radius 1 is 1.56 bits per heavy atom. The molecule has 2 N–H and O–H groups in total. The monoisotopic (exact) mass is 267 g/mol. The standard InChI is InChI=1S/C9H11ClFNO3S/c1-6(5-13)12-16(14,15)9-3-2-7(11)4-8(9)10/h2-4,6,12-13H,5H2,1H3/t6-/m1/s1. The molecule has 0 unspecified atom stereocenters. The summed E-state index contributed by atoms with van der Waals surface area (Å²) in [7, 11) is -3.83. The van der Waals surface area contributed by atoms with Crippen LogP contribution < -0.4 is 4.72 Å². The van der Waals surface area contributed by atoms with Gasteiger partial charge in [0.25, 0.3) is 0 Å². The van der Waals surface area contributed by atoms with Crippen LogP contribution in [0.4, 0.5) is 4.39 Å². The number of benzene rings is 1. The summed E-state index contributed by atoms with van der Waals surface area (Å²) < 4.78 is 38.3. The molecule has 0 aliphatic heterocycles. The van der Waals surface area contributed by atoms with E-state index in [1.165, 1.54) is 6.92 Å². The second kappa shape index (κ2) is 5.09. The molecule has 0 bridgehead atoms. The Balaban J connectivity index is 3.08. The van der Waals surface area contributed by atoms with Gasteiger partial charge in [-0.2, -0.15) is 0 Å². The van der Waals surface area contributed by atoms with Crippen LogP contribution in [0, 0.1) is 5.82 Å². The van der Waals surface area contributed by atoms with Gasteiger partial charge in [0.2, 0.25) is 10.0 Å². The van der Waals surface area contributed by atoms with Gasteiger partial charge in [-0.1, -0.05) is 11.6 Å². The van der Waals surface area contributed by atoms with Crippen LogP contribution in [0.3, 0.4) is 0 Å². The van der Waals surface area contributed by atoms with Crippen LogP contribution in [0.15, 0.2) is 23.1 Å². The van der Waals surface area contributed by atoms with Gasteiger partial charge in [-0.05, 0) is 25.1 Å². The molecule has 0 aliphatic carbocycles. The smallest absolute Gasteiger partial charge is 0.242 e. The molecular weight excluding hydrogens is 257 g/mol. The molecule has 16 heavy (non-hydrogen) atoms. The summed E-state index contributed by atoms with van der Waals surface area (Å²) in [6, 6.07) is 2.36. The van der Waals surface area contributed by atoms with Gasteiger partial charge in [0, 0.05) is 6.04 Å². The SMILES string of the molecule is C[C@H](CO)NS(=O)(=O)c1ccc(F)cc1Cl. The number of hydrogen-bond donors (Lipinski definition) is 2. The van der Waals surface area contributed by atoms with Crippen molar-refractivity contribution >= 4 is 21.6 Å². The minimum atomic E-state index is -3.83. The lowest BCUT2D eigenvalue weighted by Gasteiger charge is -2.12. The third kappa shape index (κ3) is 3.15. The number of rotatable bonds is 4. The molecule has 0 saturated heterocycles. The van der Waals surface area contributed by atoms with Crippen LogP contribution in [-0.4, -0.2) is 26.2 Å². The van der Waals surface area contributed by atoms with Crippen LogP contribution in [0.5, 0.6) is 0 Å². The first-order chi connectivity index (χ1) is 7.36. The second-order valence-corrected chi connectivity index (χ2v) is 5.37. The van der Waals surface area contributed by atoms with E-state index < -0.39 is 21.9 Å². The summed E-state index contributed by atoms with van der Waals surface area (Å²) in [5, 5.41) is 8.54. The van der Waals surface area contributed by atoms with Crippen molar-refractivity contribution in [3.8, 4) is 0 Å². The van der Waals surface area contributed by atoms with E-state index in [1.54, 1.807) is 0 Å². The van der Waals surface area contributed by atoms with E-state index in [0.29, 0.717) is 0 Å². The topological polar surface area (TPSA) is 66.4 Å².